The maximum absolute atomic E-state index is 5.73. The highest BCUT2D eigenvalue weighted by Gasteiger charge is 2.05. The van der Waals surface area contributed by atoms with Crippen LogP contribution in [-0.2, 0) is 13.1 Å². The molecule has 0 bridgehead atoms. The van der Waals surface area contributed by atoms with Crippen LogP contribution in [0.25, 0.3) is 0 Å². The predicted octanol–water partition coefficient (Wildman–Crippen LogP) is 1.48. The van der Waals surface area contributed by atoms with Crippen LogP contribution in [0.4, 0.5) is 5.69 Å². The predicted molar refractivity (Wildman–Crippen MR) is 69.8 cm³/mol. The third kappa shape index (κ3) is 2.85. The number of likely N-dealkylation sites (N-methyl/N-ethyl adjacent to an activating group) is 1. The van der Waals surface area contributed by atoms with Crippen LogP contribution in [0.15, 0.2) is 42.7 Å². The summed E-state index contributed by atoms with van der Waals surface area (Å²) in [6.45, 7) is 2.36. The second-order valence-electron chi connectivity index (χ2n) is 4.02. The van der Waals surface area contributed by atoms with Crippen LogP contribution in [0.2, 0.25) is 0 Å². The minimum absolute atomic E-state index is 0.572. The summed E-state index contributed by atoms with van der Waals surface area (Å²) in [4.78, 5) is 2.21. The van der Waals surface area contributed by atoms with Gasteiger partial charge in [0, 0.05) is 38.2 Å². The third-order valence-corrected chi connectivity index (χ3v) is 2.85. The van der Waals surface area contributed by atoms with Gasteiger partial charge >= 0.3 is 0 Å². The highest BCUT2D eigenvalue weighted by atomic mass is 15.3. The zero-order valence-corrected chi connectivity index (χ0v) is 10.1. The summed E-state index contributed by atoms with van der Waals surface area (Å²) in [5, 5.41) is 4.19. The van der Waals surface area contributed by atoms with E-state index in [9.17, 15) is 0 Å². The third-order valence-electron chi connectivity index (χ3n) is 2.85. The Hall–Kier alpha value is -1.81. The van der Waals surface area contributed by atoms with Gasteiger partial charge in [-0.25, -0.2) is 0 Å². The van der Waals surface area contributed by atoms with Crippen molar-refractivity contribution in [1.82, 2.24) is 9.78 Å². The summed E-state index contributed by atoms with van der Waals surface area (Å²) in [6.07, 6.45) is 3.77. The summed E-state index contributed by atoms with van der Waals surface area (Å²) in [5.41, 5.74) is 8.11. The Bertz CT molecular complexity index is 450. The highest BCUT2D eigenvalue weighted by Crippen LogP contribution is 2.18. The molecule has 0 amide bonds. The van der Waals surface area contributed by atoms with E-state index in [0.29, 0.717) is 6.54 Å². The molecule has 0 aliphatic carbocycles. The van der Waals surface area contributed by atoms with Crippen molar-refractivity contribution in [3.05, 3.63) is 48.3 Å². The molecule has 0 saturated carbocycles. The van der Waals surface area contributed by atoms with Crippen molar-refractivity contribution >= 4 is 5.69 Å². The molecule has 0 spiro atoms. The molecule has 4 nitrogen and oxygen atoms in total. The van der Waals surface area contributed by atoms with Crippen molar-refractivity contribution in [2.75, 3.05) is 18.5 Å². The van der Waals surface area contributed by atoms with Crippen molar-refractivity contribution < 1.29 is 0 Å². The van der Waals surface area contributed by atoms with Gasteiger partial charge in [0.1, 0.15) is 0 Å². The van der Waals surface area contributed by atoms with E-state index < -0.39 is 0 Å². The van der Waals surface area contributed by atoms with E-state index >= 15 is 0 Å². The maximum Gasteiger partial charge on any atom is 0.0584 e. The minimum Gasteiger partial charge on any atom is -0.372 e. The maximum atomic E-state index is 5.73. The summed E-state index contributed by atoms with van der Waals surface area (Å²) in [6, 6.07) is 10.2. The van der Waals surface area contributed by atoms with Crippen LogP contribution >= 0.6 is 0 Å². The molecule has 2 aromatic rings. The Kier molecular flexibility index (Phi) is 3.77. The highest BCUT2D eigenvalue weighted by molar-refractivity contribution is 5.52. The number of anilines is 1. The first-order chi connectivity index (χ1) is 8.31. The zero-order chi connectivity index (χ0) is 12.1. The van der Waals surface area contributed by atoms with Gasteiger partial charge in [0.15, 0.2) is 0 Å². The molecular weight excluding hydrogens is 212 g/mol. The molecule has 0 aliphatic rings. The molecule has 0 unspecified atom stereocenters. The molecule has 0 radical (unpaired) electrons. The normalized spacial score (nSPS) is 10.5. The van der Waals surface area contributed by atoms with Crippen LogP contribution in [-0.4, -0.2) is 23.4 Å². The molecular formula is C13H18N4. The lowest BCUT2D eigenvalue weighted by atomic mass is 10.1. The van der Waals surface area contributed by atoms with E-state index in [2.05, 4.69) is 29.2 Å². The zero-order valence-electron chi connectivity index (χ0n) is 10.1. The summed E-state index contributed by atoms with van der Waals surface area (Å²) >= 11 is 0. The number of para-hydroxylation sites is 1. The molecule has 2 N–H and O–H groups in total. The standard InChI is InChI=1S/C13H18N4/c1-16(9-10-17-8-4-7-15-17)13-6-3-2-5-12(13)11-14/h2-8H,9-11,14H2,1H3. The van der Waals surface area contributed by atoms with Crippen LogP contribution in [0.3, 0.4) is 0 Å². The van der Waals surface area contributed by atoms with Crippen molar-refractivity contribution in [3.8, 4) is 0 Å². The Morgan fingerprint density at radius 3 is 2.82 bits per heavy atom. The van der Waals surface area contributed by atoms with Crippen LogP contribution in [0.1, 0.15) is 5.56 Å². The monoisotopic (exact) mass is 230 g/mol. The summed E-state index contributed by atoms with van der Waals surface area (Å²) < 4.78 is 1.93. The van der Waals surface area contributed by atoms with Gasteiger partial charge in [-0.05, 0) is 17.7 Å². The first-order valence-electron chi connectivity index (χ1n) is 5.78. The molecule has 1 aromatic carbocycles. The number of aromatic nitrogens is 2. The van der Waals surface area contributed by atoms with Gasteiger partial charge < -0.3 is 10.6 Å². The van der Waals surface area contributed by atoms with Gasteiger partial charge in [0.05, 0.1) is 6.54 Å². The number of rotatable bonds is 5. The van der Waals surface area contributed by atoms with Gasteiger partial charge in [0.25, 0.3) is 0 Å². The second kappa shape index (κ2) is 5.50. The number of hydrogen-bond donors (Lipinski definition) is 1. The van der Waals surface area contributed by atoms with Crippen molar-refractivity contribution in [2.45, 2.75) is 13.1 Å². The molecule has 90 valence electrons. The lowest BCUT2D eigenvalue weighted by Gasteiger charge is -2.22. The Morgan fingerprint density at radius 1 is 1.29 bits per heavy atom. The fourth-order valence-electron chi connectivity index (χ4n) is 1.86. The fraction of sp³-hybridized carbons (Fsp3) is 0.308. The molecule has 0 aliphatic heterocycles. The molecule has 0 fully saturated rings. The van der Waals surface area contributed by atoms with E-state index in [1.54, 1.807) is 6.20 Å². The van der Waals surface area contributed by atoms with E-state index in [1.807, 2.05) is 29.1 Å². The van der Waals surface area contributed by atoms with Gasteiger partial charge in [-0.15, -0.1) is 0 Å². The molecule has 17 heavy (non-hydrogen) atoms. The van der Waals surface area contributed by atoms with Crippen LogP contribution < -0.4 is 10.6 Å². The van der Waals surface area contributed by atoms with Gasteiger partial charge in [-0.2, -0.15) is 5.10 Å². The summed E-state index contributed by atoms with van der Waals surface area (Å²) in [7, 11) is 2.08. The molecule has 2 rings (SSSR count). The van der Waals surface area contributed by atoms with Crippen molar-refractivity contribution in [3.63, 3.8) is 0 Å². The number of hydrogen-bond acceptors (Lipinski definition) is 3. The Morgan fingerprint density at radius 2 is 2.12 bits per heavy atom. The molecule has 1 aromatic heterocycles. The molecule has 0 atom stereocenters. The minimum atomic E-state index is 0.572. The molecule has 0 saturated heterocycles. The fourth-order valence-corrected chi connectivity index (χ4v) is 1.86. The smallest absolute Gasteiger partial charge is 0.0584 e. The van der Waals surface area contributed by atoms with Crippen LogP contribution in [0.5, 0.6) is 0 Å². The van der Waals surface area contributed by atoms with E-state index in [1.165, 1.54) is 11.3 Å². The average Bonchev–Trinajstić information content (AvgIpc) is 2.89. The van der Waals surface area contributed by atoms with Crippen molar-refractivity contribution in [2.24, 2.45) is 5.73 Å². The first kappa shape index (κ1) is 11.7. The topological polar surface area (TPSA) is 47.1 Å². The number of nitrogens with two attached hydrogens (primary N) is 1. The number of nitrogens with zero attached hydrogens (tertiary/aromatic N) is 3. The van der Waals surface area contributed by atoms with E-state index in [0.717, 1.165) is 13.1 Å². The SMILES string of the molecule is CN(CCn1cccn1)c1ccccc1CN. The van der Waals surface area contributed by atoms with E-state index in [-0.39, 0.29) is 0 Å². The second-order valence-corrected chi connectivity index (χ2v) is 4.02. The quantitative estimate of drug-likeness (QED) is 0.846. The van der Waals surface area contributed by atoms with E-state index in [4.69, 9.17) is 5.73 Å². The first-order valence-corrected chi connectivity index (χ1v) is 5.78. The van der Waals surface area contributed by atoms with Crippen LogP contribution in [0, 0.1) is 0 Å². The van der Waals surface area contributed by atoms with Crippen molar-refractivity contribution in [1.29, 1.82) is 0 Å². The molecule has 1 heterocycles. The summed E-state index contributed by atoms with van der Waals surface area (Å²) in [5.74, 6) is 0. The van der Waals surface area contributed by atoms with Gasteiger partial charge in [-0.1, -0.05) is 18.2 Å². The lowest BCUT2D eigenvalue weighted by molar-refractivity contribution is 0.611. The lowest BCUT2D eigenvalue weighted by Crippen LogP contribution is -2.24. The number of benzene rings is 1. The largest absolute Gasteiger partial charge is 0.372 e. The van der Waals surface area contributed by atoms with Gasteiger partial charge in [0.2, 0.25) is 0 Å². The Balaban J connectivity index is 2.01. The molecule has 4 heteroatoms. The Labute approximate surface area is 102 Å². The van der Waals surface area contributed by atoms with Gasteiger partial charge in [-0.3, -0.25) is 4.68 Å². The average molecular weight is 230 g/mol.